The van der Waals surface area contributed by atoms with Gasteiger partial charge in [-0.15, -0.1) is 0 Å². The predicted octanol–water partition coefficient (Wildman–Crippen LogP) is 2.88. The Morgan fingerprint density at radius 3 is 2.33 bits per heavy atom. The second kappa shape index (κ2) is 14.5. The molecule has 6 rings (SSSR count). The number of amides is 2. The number of hydrogen-bond acceptors (Lipinski definition) is 11. The molecule has 0 radical (unpaired) electrons. The number of methoxy groups -OCH3 is 2. The zero-order valence-electron chi connectivity index (χ0n) is 29.0. The largest absolute Gasteiger partial charge is 0.497 e. The molecule has 3 aliphatic heterocycles. The van der Waals surface area contributed by atoms with Gasteiger partial charge < -0.3 is 19.1 Å². The van der Waals surface area contributed by atoms with Crippen molar-refractivity contribution in [1.82, 2.24) is 20.2 Å². The fourth-order valence-electron chi connectivity index (χ4n) is 7.24. The number of nitriles is 1. The van der Waals surface area contributed by atoms with E-state index >= 15 is 14.0 Å². The third-order valence-electron chi connectivity index (χ3n) is 9.93. The molecule has 0 aromatic heterocycles. The van der Waals surface area contributed by atoms with E-state index in [4.69, 9.17) is 14.2 Å². The SMILES string of the molecule is CCOc1ccccc1C1(C(=O)NN2CCC(N3CCN(C)CC3)CC2)C(=O)N(S(=O)(=O)c2ccc(OC)cc2OC)c2cc(F)c(C#N)cc21. The molecule has 270 valence electrons. The van der Waals surface area contributed by atoms with Gasteiger partial charge in [-0.05, 0) is 51.1 Å². The first-order valence-electron chi connectivity index (χ1n) is 16.8. The number of halogens is 1. The van der Waals surface area contributed by atoms with Gasteiger partial charge in [0.1, 0.15) is 34.0 Å². The summed E-state index contributed by atoms with van der Waals surface area (Å²) in [6, 6.07) is 14.2. The zero-order valence-corrected chi connectivity index (χ0v) is 29.8. The van der Waals surface area contributed by atoms with Crippen molar-refractivity contribution in [1.29, 1.82) is 5.26 Å². The van der Waals surface area contributed by atoms with Crippen molar-refractivity contribution in [3.8, 4) is 23.3 Å². The molecule has 2 saturated heterocycles. The molecule has 3 aliphatic rings. The van der Waals surface area contributed by atoms with Crippen LogP contribution in [0.2, 0.25) is 0 Å². The van der Waals surface area contributed by atoms with E-state index in [0.717, 1.165) is 51.2 Å². The lowest BCUT2D eigenvalue weighted by molar-refractivity contribution is -0.137. The third kappa shape index (κ3) is 6.26. The van der Waals surface area contributed by atoms with E-state index in [2.05, 4.69) is 22.3 Å². The highest BCUT2D eigenvalue weighted by Crippen LogP contribution is 2.52. The van der Waals surface area contributed by atoms with Crippen LogP contribution in [-0.2, 0) is 25.0 Å². The molecule has 0 saturated carbocycles. The lowest BCUT2D eigenvalue weighted by atomic mass is 9.73. The average Bonchev–Trinajstić information content (AvgIpc) is 3.39. The van der Waals surface area contributed by atoms with Gasteiger partial charge in [0.05, 0.1) is 32.1 Å². The third-order valence-corrected chi connectivity index (χ3v) is 11.7. The van der Waals surface area contributed by atoms with Crippen LogP contribution in [0.3, 0.4) is 0 Å². The number of benzene rings is 3. The highest BCUT2D eigenvalue weighted by Gasteiger charge is 2.62. The van der Waals surface area contributed by atoms with Gasteiger partial charge in [0.2, 0.25) is 0 Å². The van der Waals surface area contributed by atoms with Crippen molar-refractivity contribution in [3.63, 3.8) is 0 Å². The number of ether oxygens (including phenoxy) is 3. The molecule has 2 amide bonds. The van der Waals surface area contributed by atoms with Crippen molar-refractivity contribution in [2.24, 2.45) is 0 Å². The minimum Gasteiger partial charge on any atom is -0.497 e. The molecule has 15 heteroatoms. The number of carbonyl (C=O) groups excluding carboxylic acids is 2. The lowest BCUT2D eigenvalue weighted by Crippen LogP contribution is -2.59. The number of sulfonamides is 1. The number of likely N-dealkylation sites (N-methyl/N-ethyl adjacent to an activating group) is 1. The Labute approximate surface area is 297 Å². The first kappa shape index (κ1) is 36.1. The summed E-state index contributed by atoms with van der Waals surface area (Å²) in [5, 5.41) is 11.6. The van der Waals surface area contributed by atoms with E-state index in [-0.39, 0.29) is 29.2 Å². The van der Waals surface area contributed by atoms with Crippen LogP contribution in [0.15, 0.2) is 59.5 Å². The van der Waals surface area contributed by atoms with Gasteiger partial charge in [0.15, 0.2) is 5.41 Å². The van der Waals surface area contributed by atoms with Crippen molar-refractivity contribution in [2.45, 2.75) is 36.1 Å². The van der Waals surface area contributed by atoms with Gasteiger partial charge in [0, 0.05) is 68.6 Å². The molecule has 51 heavy (non-hydrogen) atoms. The van der Waals surface area contributed by atoms with Crippen LogP contribution in [0, 0.1) is 17.1 Å². The van der Waals surface area contributed by atoms with Crippen LogP contribution in [0.25, 0.3) is 0 Å². The Morgan fingerprint density at radius 1 is 0.980 bits per heavy atom. The molecular formula is C36H41FN6O7S. The van der Waals surface area contributed by atoms with Gasteiger partial charge >= 0.3 is 0 Å². The molecule has 13 nitrogen and oxygen atoms in total. The van der Waals surface area contributed by atoms with Crippen LogP contribution in [0.5, 0.6) is 17.2 Å². The predicted molar refractivity (Wildman–Crippen MR) is 186 cm³/mol. The number of hydrogen-bond donors (Lipinski definition) is 1. The molecule has 1 atom stereocenters. The Hall–Kier alpha value is -4.75. The molecule has 0 spiro atoms. The Balaban J connectivity index is 1.48. The van der Waals surface area contributed by atoms with Crippen molar-refractivity contribution < 1.29 is 36.6 Å². The number of para-hydroxylation sites is 1. The highest BCUT2D eigenvalue weighted by atomic mass is 32.2. The maximum atomic E-state index is 15.5. The molecular weight excluding hydrogens is 679 g/mol. The van der Waals surface area contributed by atoms with Crippen LogP contribution < -0.4 is 23.9 Å². The number of fused-ring (bicyclic) bond motifs is 1. The molecule has 3 aromatic rings. The molecule has 1 N–H and O–H groups in total. The molecule has 2 fully saturated rings. The van der Waals surface area contributed by atoms with Crippen molar-refractivity contribution >= 4 is 27.5 Å². The molecule has 3 heterocycles. The van der Waals surface area contributed by atoms with Gasteiger partial charge in [0.25, 0.3) is 21.8 Å². The fraction of sp³-hybridized carbons (Fsp3) is 0.417. The number of hydrazine groups is 1. The maximum Gasteiger partial charge on any atom is 0.274 e. The topological polar surface area (TPSA) is 145 Å². The summed E-state index contributed by atoms with van der Waals surface area (Å²) in [6.45, 7) is 6.71. The number of piperidine rings is 1. The number of carbonyl (C=O) groups is 2. The summed E-state index contributed by atoms with van der Waals surface area (Å²) >= 11 is 0. The lowest BCUT2D eigenvalue weighted by Gasteiger charge is -2.42. The van der Waals surface area contributed by atoms with Gasteiger partial charge in [-0.3, -0.25) is 19.9 Å². The highest BCUT2D eigenvalue weighted by molar-refractivity contribution is 7.93. The smallest absolute Gasteiger partial charge is 0.274 e. The Kier molecular flexibility index (Phi) is 10.2. The van der Waals surface area contributed by atoms with Gasteiger partial charge in [-0.25, -0.2) is 22.1 Å². The van der Waals surface area contributed by atoms with Crippen LogP contribution in [0.4, 0.5) is 10.1 Å². The number of anilines is 1. The standard InChI is InChI=1S/C36H41FN6O7S/c1-5-50-31-9-7-6-8-27(31)36(34(44)39-42-14-12-25(13-15-42)41-18-16-40(2)17-19-41)28-20-24(23-38)29(37)22-30(28)43(35(36)45)51(46,47)33-11-10-26(48-3)21-32(33)49-4/h6-11,20-22,25H,5,12-19H2,1-4H3,(H,39,44). The number of piperazine rings is 1. The average molecular weight is 721 g/mol. The first-order valence-corrected chi connectivity index (χ1v) is 18.2. The summed E-state index contributed by atoms with van der Waals surface area (Å²) in [4.78, 5) is 34.5. The van der Waals surface area contributed by atoms with E-state index in [9.17, 15) is 13.7 Å². The van der Waals surface area contributed by atoms with Crippen molar-refractivity contribution in [2.75, 3.05) is 71.4 Å². The van der Waals surface area contributed by atoms with E-state index < -0.39 is 49.2 Å². The number of nitrogens with one attached hydrogen (secondary N) is 1. The van der Waals surface area contributed by atoms with Crippen LogP contribution >= 0.6 is 0 Å². The summed E-state index contributed by atoms with van der Waals surface area (Å²) in [5.41, 5.74) is -0.516. The Morgan fingerprint density at radius 2 is 1.69 bits per heavy atom. The van der Waals surface area contributed by atoms with Crippen molar-refractivity contribution in [3.05, 3.63) is 77.1 Å². The minimum atomic E-state index is -4.89. The molecule has 1 unspecified atom stereocenters. The normalized spacial score (nSPS) is 20.5. The summed E-state index contributed by atoms with van der Waals surface area (Å²) < 4.78 is 61.7. The Bertz CT molecular complexity index is 1970. The molecule has 0 bridgehead atoms. The summed E-state index contributed by atoms with van der Waals surface area (Å²) in [6.07, 6.45) is 1.53. The first-order chi connectivity index (χ1) is 24.5. The fourth-order valence-corrected chi connectivity index (χ4v) is 8.83. The van der Waals surface area contributed by atoms with E-state index in [1.54, 1.807) is 36.2 Å². The summed E-state index contributed by atoms with van der Waals surface area (Å²) in [5.74, 6) is -2.83. The second-order valence-electron chi connectivity index (χ2n) is 12.7. The monoisotopic (exact) mass is 720 g/mol. The van der Waals surface area contributed by atoms with Gasteiger partial charge in [-0.1, -0.05) is 18.2 Å². The molecule has 3 aromatic carbocycles. The van der Waals surface area contributed by atoms with E-state index in [0.29, 0.717) is 29.2 Å². The maximum absolute atomic E-state index is 15.5. The summed E-state index contributed by atoms with van der Waals surface area (Å²) in [7, 11) is -0.129. The van der Waals surface area contributed by atoms with Gasteiger partial charge in [-0.2, -0.15) is 5.26 Å². The quantitative estimate of drug-likeness (QED) is 0.309. The zero-order chi connectivity index (χ0) is 36.5. The van der Waals surface area contributed by atoms with Crippen LogP contribution in [-0.4, -0.2) is 108 Å². The number of rotatable bonds is 10. The van der Waals surface area contributed by atoms with E-state index in [1.807, 2.05) is 0 Å². The van der Waals surface area contributed by atoms with Crippen LogP contribution in [0.1, 0.15) is 36.5 Å². The minimum absolute atomic E-state index is 0.0396. The molecule has 0 aliphatic carbocycles. The number of nitrogens with zero attached hydrogens (tertiary/aromatic N) is 5. The van der Waals surface area contributed by atoms with E-state index in [1.165, 1.54) is 38.5 Å². The second-order valence-corrected chi connectivity index (χ2v) is 14.5.